The molecule has 0 aliphatic heterocycles. The van der Waals surface area contributed by atoms with E-state index < -0.39 is 0 Å². The summed E-state index contributed by atoms with van der Waals surface area (Å²) in [4.78, 5) is 19.8. The van der Waals surface area contributed by atoms with E-state index in [2.05, 4.69) is 119 Å². The maximum Gasteiger partial charge on any atom is 0.166 e. The lowest BCUT2D eigenvalue weighted by Gasteiger charge is -2.13. The van der Waals surface area contributed by atoms with Crippen molar-refractivity contribution in [1.29, 1.82) is 0 Å². The van der Waals surface area contributed by atoms with Crippen LogP contribution in [0.1, 0.15) is 0 Å². The fraction of sp³-hybridized carbons (Fsp3) is 0. The van der Waals surface area contributed by atoms with E-state index in [1.807, 2.05) is 60.8 Å². The van der Waals surface area contributed by atoms with E-state index in [0.717, 1.165) is 49.9 Å². The van der Waals surface area contributed by atoms with Crippen LogP contribution in [0.15, 0.2) is 181 Å². The highest BCUT2D eigenvalue weighted by Crippen LogP contribution is 2.39. The standard InChI is InChI=1S/C48H29N5O/c1-2-13-32(14-3-1)46-50-47(52-48(51-46)39-28-49-29-43-45(39)38-19-9-11-21-42(38)54-43)36-17-7-6-15-34(36)31-22-25-33(26-23-31)53-40-20-10-8-18-37(40)44-35-16-5-4-12-30(35)24-27-41(44)53/h1-29H. The third-order valence-corrected chi connectivity index (χ3v) is 10.4. The molecule has 0 N–H and O–H groups in total. The molecule has 0 fully saturated rings. The average Bonchev–Trinajstić information content (AvgIpc) is 3.80. The molecule has 54 heavy (non-hydrogen) atoms. The highest BCUT2D eigenvalue weighted by molar-refractivity contribution is 6.21. The van der Waals surface area contributed by atoms with Crippen LogP contribution in [0.2, 0.25) is 0 Å². The van der Waals surface area contributed by atoms with E-state index in [1.165, 1.54) is 32.6 Å². The Balaban J connectivity index is 1.07. The first-order valence-electron chi connectivity index (χ1n) is 18.0. The van der Waals surface area contributed by atoms with Gasteiger partial charge in [0.25, 0.3) is 0 Å². The van der Waals surface area contributed by atoms with E-state index in [1.54, 1.807) is 6.20 Å². The van der Waals surface area contributed by atoms with E-state index in [9.17, 15) is 0 Å². The van der Waals surface area contributed by atoms with E-state index in [-0.39, 0.29) is 0 Å². The Morgan fingerprint density at radius 1 is 0.389 bits per heavy atom. The summed E-state index contributed by atoms with van der Waals surface area (Å²) < 4.78 is 8.55. The summed E-state index contributed by atoms with van der Waals surface area (Å²) in [5, 5.41) is 6.93. The summed E-state index contributed by atoms with van der Waals surface area (Å²) in [6.07, 6.45) is 3.57. The number of fused-ring (bicyclic) bond motifs is 8. The molecule has 4 heterocycles. The SMILES string of the molecule is c1ccc(-c2nc(-c3ccccc3-c3ccc(-n4c5ccccc5c5c6ccccc6ccc54)cc3)nc(-c3cncc4oc5ccccc5c34)n2)cc1. The predicted octanol–water partition coefficient (Wildman–Crippen LogP) is 12.1. The second kappa shape index (κ2) is 12.1. The Kier molecular flexibility index (Phi) is 6.75. The van der Waals surface area contributed by atoms with Gasteiger partial charge in [-0.3, -0.25) is 4.98 Å². The molecule has 4 aromatic heterocycles. The minimum absolute atomic E-state index is 0.535. The molecule has 6 heteroatoms. The van der Waals surface area contributed by atoms with Gasteiger partial charge in [-0.15, -0.1) is 0 Å². The average molecular weight is 692 g/mol. The molecule has 252 valence electrons. The lowest BCUT2D eigenvalue weighted by molar-refractivity contribution is 0.667. The maximum atomic E-state index is 6.19. The third kappa shape index (κ3) is 4.74. The van der Waals surface area contributed by atoms with Crippen molar-refractivity contribution in [2.45, 2.75) is 0 Å². The van der Waals surface area contributed by atoms with Gasteiger partial charge in [-0.25, -0.2) is 15.0 Å². The normalized spacial score (nSPS) is 11.7. The van der Waals surface area contributed by atoms with Crippen LogP contribution in [0.4, 0.5) is 0 Å². The second-order valence-corrected chi connectivity index (χ2v) is 13.5. The number of pyridine rings is 1. The number of furan rings is 1. The quantitative estimate of drug-likeness (QED) is 0.180. The van der Waals surface area contributed by atoms with Gasteiger partial charge in [0.2, 0.25) is 0 Å². The molecule has 11 aromatic rings. The van der Waals surface area contributed by atoms with E-state index >= 15 is 0 Å². The summed E-state index contributed by atoms with van der Waals surface area (Å²) >= 11 is 0. The van der Waals surface area contributed by atoms with Crippen molar-refractivity contribution in [2.75, 3.05) is 0 Å². The maximum absolute atomic E-state index is 6.19. The highest BCUT2D eigenvalue weighted by Gasteiger charge is 2.20. The monoisotopic (exact) mass is 691 g/mol. The summed E-state index contributed by atoms with van der Waals surface area (Å²) in [5.74, 6) is 1.70. The minimum Gasteiger partial charge on any atom is -0.454 e. The van der Waals surface area contributed by atoms with Crippen LogP contribution in [-0.4, -0.2) is 24.5 Å². The fourth-order valence-corrected chi connectivity index (χ4v) is 7.92. The van der Waals surface area contributed by atoms with Crippen LogP contribution in [0.25, 0.3) is 105 Å². The molecule has 0 aliphatic rings. The smallest absolute Gasteiger partial charge is 0.166 e. The first-order chi connectivity index (χ1) is 26.8. The molecule has 7 aromatic carbocycles. The van der Waals surface area contributed by atoms with Crippen LogP contribution in [-0.2, 0) is 0 Å². The topological polar surface area (TPSA) is 69.6 Å². The Morgan fingerprint density at radius 3 is 1.91 bits per heavy atom. The lowest BCUT2D eigenvalue weighted by Crippen LogP contribution is -2.01. The van der Waals surface area contributed by atoms with Crippen LogP contribution >= 0.6 is 0 Å². The zero-order valence-electron chi connectivity index (χ0n) is 28.9. The third-order valence-electron chi connectivity index (χ3n) is 10.4. The van der Waals surface area contributed by atoms with E-state index in [0.29, 0.717) is 23.1 Å². The molecule has 0 amide bonds. The molecular formula is C48H29N5O. The van der Waals surface area contributed by atoms with Crippen molar-refractivity contribution in [2.24, 2.45) is 0 Å². The molecule has 0 aliphatic carbocycles. The van der Waals surface area contributed by atoms with Gasteiger partial charge in [-0.1, -0.05) is 133 Å². The van der Waals surface area contributed by atoms with Crippen molar-refractivity contribution in [1.82, 2.24) is 24.5 Å². The molecule has 11 rings (SSSR count). The zero-order valence-corrected chi connectivity index (χ0v) is 28.9. The Hall–Kier alpha value is -7.44. The van der Waals surface area contributed by atoms with Crippen molar-refractivity contribution in [3.63, 3.8) is 0 Å². The molecule has 0 bridgehead atoms. The Labute approximate surface area is 309 Å². The molecule has 0 saturated carbocycles. The van der Waals surface area contributed by atoms with Gasteiger partial charge in [0, 0.05) is 50.1 Å². The summed E-state index contributed by atoms with van der Waals surface area (Å²) in [6.45, 7) is 0. The summed E-state index contributed by atoms with van der Waals surface area (Å²) in [5.41, 5.74) is 9.64. The minimum atomic E-state index is 0.535. The van der Waals surface area contributed by atoms with Gasteiger partial charge in [0.05, 0.1) is 17.2 Å². The molecule has 0 spiro atoms. The number of aromatic nitrogens is 5. The van der Waals surface area contributed by atoms with Crippen molar-refractivity contribution in [3.05, 3.63) is 176 Å². The van der Waals surface area contributed by atoms with Crippen LogP contribution in [0.5, 0.6) is 0 Å². The van der Waals surface area contributed by atoms with Gasteiger partial charge in [-0.05, 0) is 52.2 Å². The van der Waals surface area contributed by atoms with Crippen LogP contribution < -0.4 is 0 Å². The number of hydrogen-bond acceptors (Lipinski definition) is 5. The van der Waals surface area contributed by atoms with Gasteiger partial charge >= 0.3 is 0 Å². The first-order valence-corrected chi connectivity index (χ1v) is 18.0. The zero-order chi connectivity index (χ0) is 35.6. The number of hydrogen-bond donors (Lipinski definition) is 0. The molecular weight excluding hydrogens is 663 g/mol. The molecule has 0 radical (unpaired) electrons. The lowest BCUT2D eigenvalue weighted by atomic mass is 9.98. The second-order valence-electron chi connectivity index (χ2n) is 13.5. The van der Waals surface area contributed by atoms with Crippen molar-refractivity contribution < 1.29 is 4.42 Å². The Morgan fingerprint density at radius 2 is 1.06 bits per heavy atom. The first kappa shape index (κ1) is 30.2. The van der Waals surface area contributed by atoms with E-state index in [4.69, 9.17) is 19.4 Å². The number of benzene rings is 7. The van der Waals surface area contributed by atoms with Gasteiger partial charge in [0.1, 0.15) is 5.58 Å². The van der Waals surface area contributed by atoms with Gasteiger partial charge in [-0.2, -0.15) is 0 Å². The molecule has 0 atom stereocenters. The number of nitrogens with zero attached hydrogens (tertiary/aromatic N) is 5. The van der Waals surface area contributed by atoms with Gasteiger partial charge < -0.3 is 8.98 Å². The van der Waals surface area contributed by atoms with Gasteiger partial charge in [0.15, 0.2) is 23.1 Å². The molecule has 6 nitrogen and oxygen atoms in total. The number of rotatable bonds is 5. The fourth-order valence-electron chi connectivity index (χ4n) is 7.92. The predicted molar refractivity (Wildman–Crippen MR) is 218 cm³/mol. The summed E-state index contributed by atoms with van der Waals surface area (Å²) in [6, 6.07) is 56.9. The molecule has 0 unspecified atom stereocenters. The number of para-hydroxylation sites is 2. The van der Waals surface area contributed by atoms with Crippen LogP contribution in [0, 0.1) is 0 Å². The van der Waals surface area contributed by atoms with Crippen molar-refractivity contribution >= 4 is 54.5 Å². The van der Waals surface area contributed by atoms with Crippen molar-refractivity contribution in [3.8, 4) is 51.0 Å². The van der Waals surface area contributed by atoms with Crippen LogP contribution in [0.3, 0.4) is 0 Å². The largest absolute Gasteiger partial charge is 0.454 e. The Bertz CT molecular complexity index is 3220. The molecule has 0 saturated heterocycles. The highest BCUT2D eigenvalue weighted by atomic mass is 16.3. The summed E-state index contributed by atoms with van der Waals surface area (Å²) in [7, 11) is 0.